The smallest absolute Gasteiger partial charge is 0.0272 e. The molecule has 0 atom stereocenters. The second-order valence-electron chi connectivity index (χ2n) is 4.43. The van der Waals surface area contributed by atoms with Gasteiger partial charge in [-0.25, -0.2) is 0 Å². The van der Waals surface area contributed by atoms with Crippen molar-refractivity contribution in [2.24, 2.45) is 0 Å². The van der Waals surface area contributed by atoms with Crippen molar-refractivity contribution in [2.45, 2.75) is 28.9 Å². The van der Waals surface area contributed by atoms with E-state index in [4.69, 9.17) is 0 Å². The standard InChI is InChI=1S/C12H14BrNS/c13-10-2-1-3-11-9(10)8-12(15-11)4-6-14-7-5-12/h1-3,14H,4-8H2. The summed E-state index contributed by atoms with van der Waals surface area (Å²) in [6.45, 7) is 2.36. The molecule has 0 bridgehead atoms. The molecule has 0 radical (unpaired) electrons. The lowest BCUT2D eigenvalue weighted by Crippen LogP contribution is -2.39. The van der Waals surface area contributed by atoms with Gasteiger partial charge in [-0.05, 0) is 50.0 Å². The van der Waals surface area contributed by atoms with E-state index >= 15 is 0 Å². The number of piperidine rings is 1. The molecule has 0 saturated carbocycles. The average molecular weight is 284 g/mol. The lowest BCUT2D eigenvalue weighted by atomic mass is 9.90. The van der Waals surface area contributed by atoms with E-state index in [2.05, 4.69) is 51.2 Å². The molecule has 2 aliphatic heterocycles. The van der Waals surface area contributed by atoms with Gasteiger partial charge in [-0.3, -0.25) is 0 Å². The molecule has 1 saturated heterocycles. The van der Waals surface area contributed by atoms with Gasteiger partial charge in [0.1, 0.15) is 0 Å². The summed E-state index contributed by atoms with van der Waals surface area (Å²) in [5.41, 5.74) is 1.53. The monoisotopic (exact) mass is 283 g/mol. The zero-order valence-electron chi connectivity index (χ0n) is 8.55. The highest BCUT2D eigenvalue weighted by molar-refractivity contribution is 9.10. The number of hydrogen-bond acceptors (Lipinski definition) is 2. The van der Waals surface area contributed by atoms with E-state index in [1.54, 1.807) is 0 Å². The zero-order valence-corrected chi connectivity index (χ0v) is 11.0. The van der Waals surface area contributed by atoms with Gasteiger partial charge in [0.15, 0.2) is 0 Å². The molecule has 2 aliphatic rings. The maximum absolute atomic E-state index is 3.67. The minimum atomic E-state index is 0.497. The minimum absolute atomic E-state index is 0.497. The summed E-state index contributed by atoms with van der Waals surface area (Å²) in [6, 6.07) is 6.58. The third-order valence-corrected chi connectivity index (χ3v) is 5.75. The molecule has 1 fully saturated rings. The second kappa shape index (κ2) is 3.79. The lowest BCUT2D eigenvalue weighted by molar-refractivity contribution is 0.416. The number of fused-ring (bicyclic) bond motifs is 1. The lowest BCUT2D eigenvalue weighted by Gasteiger charge is -2.32. The summed E-state index contributed by atoms with van der Waals surface area (Å²) in [6.07, 6.45) is 3.85. The van der Waals surface area contributed by atoms with Crippen LogP contribution in [0.2, 0.25) is 0 Å². The summed E-state index contributed by atoms with van der Waals surface area (Å²) in [5, 5.41) is 3.45. The Kier molecular flexibility index (Phi) is 2.57. The van der Waals surface area contributed by atoms with Crippen molar-refractivity contribution in [1.29, 1.82) is 0 Å². The Morgan fingerprint density at radius 3 is 2.80 bits per heavy atom. The summed E-state index contributed by atoms with van der Waals surface area (Å²) in [5.74, 6) is 0. The van der Waals surface area contributed by atoms with Crippen LogP contribution in [-0.4, -0.2) is 17.8 Å². The van der Waals surface area contributed by atoms with Crippen LogP contribution in [-0.2, 0) is 6.42 Å². The molecule has 1 aromatic rings. The third-order valence-electron chi connectivity index (χ3n) is 3.42. The van der Waals surface area contributed by atoms with Crippen LogP contribution in [0.3, 0.4) is 0 Å². The van der Waals surface area contributed by atoms with Gasteiger partial charge in [-0.1, -0.05) is 22.0 Å². The van der Waals surface area contributed by atoms with E-state index in [0.717, 1.165) is 0 Å². The van der Waals surface area contributed by atoms with Crippen LogP contribution < -0.4 is 5.32 Å². The minimum Gasteiger partial charge on any atom is -0.317 e. The molecule has 80 valence electrons. The molecule has 1 N–H and O–H groups in total. The van der Waals surface area contributed by atoms with Crippen molar-refractivity contribution in [1.82, 2.24) is 5.32 Å². The first-order valence-electron chi connectivity index (χ1n) is 5.46. The normalized spacial score (nSPS) is 23.0. The summed E-state index contributed by atoms with van der Waals surface area (Å²) in [7, 11) is 0. The first-order chi connectivity index (χ1) is 7.29. The number of halogens is 1. The van der Waals surface area contributed by atoms with E-state index in [1.165, 1.54) is 47.3 Å². The van der Waals surface area contributed by atoms with Crippen molar-refractivity contribution in [3.8, 4) is 0 Å². The fraction of sp³-hybridized carbons (Fsp3) is 0.500. The number of rotatable bonds is 0. The summed E-state index contributed by atoms with van der Waals surface area (Å²) < 4.78 is 1.79. The number of benzene rings is 1. The maximum atomic E-state index is 3.67. The average Bonchev–Trinajstić information content (AvgIpc) is 2.59. The van der Waals surface area contributed by atoms with Crippen molar-refractivity contribution in [2.75, 3.05) is 13.1 Å². The quantitative estimate of drug-likeness (QED) is 0.785. The van der Waals surface area contributed by atoms with Gasteiger partial charge in [0.05, 0.1) is 0 Å². The van der Waals surface area contributed by atoms with Gasteiger partial charge < -0.3 is 5.32 Å². The van der Waals surface area contributed by atoms with Crippen LogP contribution in [0.1, 0.15) is 18.4 Å². The van der Waals surface area contributed by atoms with E-state index in [1.807, 2.05) is 0 Å². The summed E-state index contributed by atoms with van der Waals surface area (Å²) in [4.78, 5) is 1.49. The van der Waals surface area contributed by atoms with Crippen molar-refractivity contribution in [3.63, 3.8) is 0 Å². The SMILES string of the molecule is Brc1cccc2c1CC1(CCNCC1)S2. The van der Waals surface area contributed by atoms with Gasteiger partial charge in [-0.15, -0.1) is 11.8 Å². The van der Waals surface area contributed by atoms with Crippen molar-refractivity contribution < 1.29 is 0 Å². The zero-order chi connectivity index (χ0) is 10.3. The molecule has 0 aliphatic carbocycles. The van der Waals surface area contributed by atoms with E-state index in [0.29, 0.717) is 4.75 Å². The van der Waals surface area contributed by atoms with E-state index in [-0.39, 0.29) is 0 Å². The van der Waals surface area contributed by atoms with Crippen LogP contribution in [0.5, 0.6) is 0 Å². The van der Waals surface area contributed by atoms with Crippen molar-refractivity contribution >= 4 is 27.7 Å². The predicted molar refractivity (Wildman–Crippen MR) is 68.5 cm³/mol. The molecule has 0 unspecified atom stereocenters. The van der Waals surface area contributed by atoms with Gasteiger partial charge in [-0.2, -0.15) is 0 Å². The molecule has 1 nitrogen and oxygen atoms in total. The Labute approximate surface area is 103 Å². The number of nitrogens with one attached hydrogen (secondary N) is 1. The molecule has 0 aromatic heterocycles. The van der Waals surface area contributed by atoms with Crippen LogP contribution in [0.15, 0.2) is 27.6 Å². The topological polar surface area (TPSA) is 12.0 Å². The van der Waals surface area contributed by atoms with Crippen LogP contribution >= 0.6 is 27.7 Å². The first kappa shape index (κ1) is 10.2. The first-order valence-corrected chi connectivity index (χ1v) is 7.07. The molecule has 3 heteroatoms. The predicted octanol–water partition coefficient (Wildman–Crippen LogP) is 3.22. The highest BCUT2D eigenvalue weighted by Gasteiger charge is 2.39. The Morgan fingerprint density at radius 1 is 1.27 bits per heavy atom. The van der Waals surface area contributed by atoms with Crippen LogP contribution in [0, 0.1) is 0 Å². The fourth-order valence-corrected chi connectivity index (χ4v) is 4.74. The third kappa shape index (κ3) is 1.75. The van der Waals surface area contributed by atoms with Crippen LogP contribution in [0.4, 0.5) is 0 Å². The molecule has 1 aromatic carbocycles. The van der Waals surface area contributed by atoms with Crippen LogP contribution in [0.25, 0.3) is 0 Å². The van der Waals surface area contributed by atoms with Gasteiger partial charge in [0, 0.05) is 14.1 Å². The Hall–Kier alpha value is 0.01000. The Morgan fingerprint density at radius 2 is 2.07 bits per heavy atom. The Bertz CT molecular complexity index is 385. The highest BCUT2D eigenvalue weighted by Crippen LogP contribution is 2.51. The molecule has 1 spiro atoms. The van der Waals surface area contributed by atoms with Gasteiger partial charge >= 0.3 is 0 Å². The maximum Gasteiger partial charge on any atom is 0.0272 e. The Balaban J connectivity index is 1.94. The molecule has 2 heterocycles. The largest absolute Gasteiger partial charge is 0.317 e. The molecule has 3 rings (SSSR count). The van der Waals surface area contributed by atoms with Crippen molar-refractivity contribution in [3.05, 3.63) is 28.2 Å². The second-order valence-corrected chi connectivity index (χ2v) is 6.79. The number of hydrogen-bond donors (Lipinski definition) is 1. The molecular weight excluding hydrogens is 270 g/mol. The van der Waals surface area contributed by atoms with E-state index in [9.17, 15) is 0 Å². The van der Waals surface area contributed by atoms with Gasteiger partial charge in [0.2, 0.25) is 0 Å². The summed E-state index contributed by atoms with van der Waals surface area (Å²) >= 11 is 5.77. The molecule has 15 heavy (non-hydrogen) atoms. The molecule has 0 amide bonds. The number of thioether (sulfide) groups is 1. The highest BCUT2D eigenvalue weighted by atomic mass is 79.9. The van der Waals surface area contributed by atoms with E-state index < -0.39 is 0 Å². The fourth-order valence-electron chi connectivity index (χ4n) is 2.56. The molecular formula is C12H14BrNS. The van der Waals surface area contributed by atoms with Gasteiger partial charge in [0.25, 0.3) is 0 Å².